The van der Waals surface area contributed by atoms with E-state index in [1.807, 2.05) is 12.3 Å². The minimum atomic E-state index is -0.834. The number of hydrogen-bond donors (Lipinski definition) is 3. The SMILES string of the molecule is O=C(NCCn1cccn1)NCC1(C(=O)O)CC1. The normalized spacial score (nSPS) is 16.0. The molecule has 98 valence electrons. The van der Waals surface area contributed by atoms with Gasteiger partial charge in [0.1, 0.15) is 0 Å². The molecule has 0 saturated heterocycles. The van der Waals surface area contributed by atoms with Crippen LogP contribution in [0.5, 0.6) is 0 Å². The van der Waals surface area contributed by atoms with Crippen LogP contribution in [0.1, 0.15) is 12.8 Å². The molecule has 0 atom stereocenters. The molecule has 3 N–H and O–H groups in total. The summed E-state index contributed by atoms with van der Waals surface area (Å²) in [5.41, 5.74) is -0.723. The van der Waals surface area contributed by atoms with Gasteiger partial charge in [0, 0.05) is 25.5 Å². The van der Waals surface area contributed by atoms with Crippen molar-refractivity contribution in [1.29, 1.82) is 0 Å². The predicted octanol–water partition coefficient (Wildman–Crippen LogP) is 0.0471. The monoisotopic (exact) mass is 252 g/mol. The molecule has 0 radical (unpaired) electrons. The zero-order valence-corrected chi connectivity index (χ0v) is 9.93. The molecule has 0 spiro atoms. The van der Waals surface area contributed by atoms with Gasteiger partial charge in [-0.2, -0.15) is 5.10 Å². The number of aliphatic carboxylic acids is 1. The van der Waals surface area contributed by atoms with Gasteiger partial charge in [-0.05, 0) is 18.9 Å². The van der Waals surface area contributed by atoms with E-state index in [9.17, 15) is 9.59 Å². The number of carboxylic acid groups (broad SMARTS) is 1. The van der Waals surface area contributed by atoms with Crippen LogP contribution in [0.3, 0.4) is 0 Å². The summed E-state index contributed by atoms with van der Waals surface area (Å²) >= 11 is 0. The number of carbonyl (C=O) groups excluding carboxylic acids is 1. The molecule has 18 heavy (non-hydrogen) atoms. The number of aromatic nitrogens is 2. The van der Waals surface area contributed by atoms with Crippen LogP contribution in [0.2, 0.25) is 0 Å². The number of amides is 2. The molecule has 1 aliphatic rings. The highest BCUT2D eigenvalue weighted by Crippen LogP contribution is 2.45. The first-order valence-corrected chi connectivity index (χ1v) is 5.85. The van der Waals surface area contributed by atoms with E-state index < -0.39 is 11.4 Å². The minimum Gasteiger partial charge on any atom is -0.481 e. The van der Waals surface area contributed by atoms with Crippen molar-refractivity contribution in [2.24, 2.45) is 5.41 Å². The van der Waals surface area contributed by atoms with Gasteiger partial charge in [0.05, 0.1) is 12.0 Å². The van der Waals surface area contributed by atoms with Crippen LogP contribution >= 0.6 is 0 Å². The lowest BCUT2D eigenvalue weighted by atomic mass is 10.1. The summed E-state index contributed by atoms with van der Waals surface area (Å²) in [5.74, 6) is -0.834. The van der Waals surface area contributed by atoms with Gasteiger partial charge in [0.25, 0.3) is 0 Å². The first-order valence-electron chi connectivity index (χ1n) is 5.85. The highest BCUT2D eigenvalue weighted by Gasteiger charge is 2.50. The van der Waals surface area contributed by atoms with E-state index in [0.717, 1.165) is 0 Å². The molecule has 0 bridgehead atoms. The van der Waals surface area contributed by atoms with E-state index in [0.29, 0.717) is 25.9 Å². The Morgan fingerprint density at radius 3 is 2.72 bits per heavy atom. The summed E-state index contributed by atoms with van der Waals surface area (Å²) in [6.45, 7) is 1.23. The van der Waals surface area contributed by atoms with Crippen molar-refractivity contribution in [2.75, 3.05) is 13.1 Å². The van der Waals surface area contributed by atoms with Gasteiger partial charge in [-0.1, -0.05) is 0 Å². The van der Waals surface area contributed by atoms with Crippen LogP contribution in [0.25, 0.3) is 0 Å². The standard InChI is InChI=1S/C11H16N4O3/c16-9(17)11(2-3-11)8-13-10(18)12-5-7-15-6-1-4-14-15/h1,4,6H,2-3,5,7-8H2,(H,16,17)(H2,12,13,18). The molecular formula is C11H16N4O3. The van der Waals surface area contributed by atoms with Gasteiger partial charge in [0.2, 0.25) is 0 Å². The highest BCUT2D eigenvalue weighted by atomic mass is 16.4. The molecule has 1 aromatic heterocycles. The maximum Gasteiger partial charge on any atom is 0.314 e. The summed E-state index contributed by atoms with van der Waals surface area (Å²) in [7, 11) is 0. The lowest BCUT2D eigenvalue weighted by Gasteiger charge is -2.12. The Hall–Kier alpha value is -2.05. The Morgan fingerprint density at radius 1 is 1.39 bits per heavy atom. The number of nitrogens with one attached hydrogen (secondary N) is 2. The average Bonchev–Trinajstić information content (AvgIpc) is 2.97. The van der Waals surface area contributed by atoms with Gasteiger partial charge in [-0.3, -0.25) is 9.48 Å². The molecule has 0 aliphatic heterocycles. The third kappa shape index (κ3) is 2.99. The number of hydrogen-bond acceptors (Lipinski definition) is 3. The Balaban J connectivity index is 1.62. The molecule has 0 aromatic carbocycles. The maximum atomic E-state index is 11.4. The maximum absolute atomic E-state index is 11.4. The van der Waals surface area contributed by atoms with Crippen LogP contribution in [0.15, 0.2) is 18.5 Å². The van der Waals surface area contributed by atoms with Crippen LogP contribution in [0, 0.1) is 5.41 Å². The number of rotatable bonds is 6. The fraction of sp³-hybridized carbons (Fsp3) is 0.545. The Bertz CT molecular complexity index is 426. The van der Waals surface area contributed by atoms with E-state index in [1.54, 1.807) is 10.9 Å². The number of nitrogens with zero attached hydrogens (tertiary/aromatic N) is 2. The lowest BCUT2D eigenvalue weighted by molar-refractivity contribution is -0.143. The molecular weight excluding hydrogens is 236 g/mol. The molecule has 1 heterocycles. The minimum absolute atomic E-state index is 0.190. The van der Waals surface area contributed by atoms with Crippen LogP contribution in [0.4, 0.5) is 4.79 Å². The number of urea groups is 1. The predicted molar refractivity (Wildman–Crippen MR) is 62.9 cm³/mol. The molecule has 1 aromatic rings. The third-order valence-electron chi connectivity index (χ3n) is 3.08. The summed E-state index contributed by atoms with van der Waals surface area (Å²) in [6.07, 6.45) is 4.75. The van der Waals surface area contributed by atoms with Gasteiger partial charge in [0.15, 0.2) is 0 Å². The molecule has 7 heteroatoms. The molecule has 0 unspecified atom stereocenters. The quantitative estimate of drug-likeness (QED) is 0.666. The molecule has 2 amide bonds. The zero-order valence-electron chi connectivity index (χ0n) is 9.93. The second kappa shape index (κ2) is 5.07. The first-order chi connectivity index (χ1) is 8.62. The van der Waals surface area contributed by atoms with E-state index in [1.165, 1.54) is 0 Å². The van der Waals surface area contributed by atoms with E-state index in [-0.39, 0.29) is 12.6 Å². The van der Waals surface area contributed by atoms with Crippen molar-refractivity contribution in [1.82, 2.24) is 20.4 Å². The van der Waals surface area contributed by atoms with Crippen molar-refractivity contribution in [3.63, 3.8) is 0 Å². The van der Waals surface area contributed by atoms with Crippen LogP contribution in [-0.4, -0.2) is 40.0 Å². The smallest absolute Gasteiger partial charge is 0.314 e. The van der Waals surface area contributed by atoms with Gasteiger partial charge in [-0.15, -0.1) is 0 Å². The van der Waals surface area contributed by atoms with Crippen molar-refractivity contribution in [3.05, 3.63) is 18.5 Å². The average molecular weight is 252 g/mol. The number of carboxylic acids is 1. The highest BCUT2D eigenvalue weighted by molar-refractivity contribution is 5.80. The lowest BCUT2D eigenvalue weighted by Crippen LogP contribution is -2.41. The van der Waals surface area contributed by atoms with E-state index in [4.69, 9.17) is 5.11 Å². The Morgan fingerprint density at radius 2 is 2.17 bits per heavy atom. The van der Waals surface area contributed by atoms with Gasteiger partial charge in [-0.25, -0.2) is 4.79 Å². The Kier molecular flexibility index (Phi) is 3.50. The molecule has 1 aliphatic carbocycles. The fourth-order valence-electron chi connectivity index (χ4n) is 1.65. The summed E-state index contributed by atoms with van der Waals surface area (Å²) < 4.78 is 1.71. The van der Waals surface area contributed by atoms with Crippen LogP contribution in [-0.2, 0) is 11.3 Å². The largest absolute Gasteiger partial charge is 0.481 e. The third-order valence-corrected chi connectivity index (χ3v) is 3.08. The topological polar surface area (TPSA) is 96.3 Å². The summed E-state index contributed by atoms with van der Waals surface area (Å²) in [4.78, 5) is 22.3. The fourth-order valence-corrected chi connectivity index (χ4v) is 1.65. The van der Waals surface area contributed by atoms with Crippen molar-refractivity contribution < 1.29 is 14.7 Å². The van der Waals surface area contributed by atoms with Crippen molar-refractivity contribution in [3.8, 4) is 0 Å². The summed E-state index contributed by atoms with van der Waals surface area (Å²) in [6, 6.07) is 1.47. The van der Waals surface area contributed by atoms with Crippen molar-refractivity contribution >= 4 is 12.0 Å². The molecule has 2 rings (SSSR count). The Labute approximate surface area is 104 Å². The van der Waals surface area contributed by atoms with Crippen molar-refractivity contribution in [2.45, 2.75) is 19.4 Å². The second-order valence-electron chi connectivity index (χ2n) is 4.46. The molecule has 7 nitrogen and oxygen atoms in total. The van der Waals surface area contributed by atoms with E-state index in [2.05, 4.69) is 15.7 Å². The first kappa shape index (κ1) is 12.4. The zero-order chi connectivity index (χ0) is 13.0. The molecule has 1 saturated carbocycles. The summed E-state index contributed by atoms with van der Waals surface area (Å²) in [5, 5.41) is 18.2. The molecule has 1 fully saturated rings. The van der Waals surface area contributed by atoms with E-state index >= 15 is 0 Å². The van der Waals surface area contributed by atoms with Crippen LogP contribution < -0.4 is 10.6 Å². The van der Waals surface area contributed by atoms with Gasteiger partial charge < -0.3 is 15.7 Å². The van der Waals surface area contributed by atoms with Gasteiger partial charge >= 0.3 is 12.0 Å². The number of carbonyl (C=O) groups is 2. The second-order valence-corrected chi connectivity index (χ2v) is 4.46.